The van der Waals surface area contributed by atoms with Crippen LogP contribution >= 0.6 is 0 Å². The fourth-order valence-electron chi connectivity index (χ4n) is 2.09. The molecule has 0 radical (unpaired) electrons. The lowest BCUT2D eigenvalue weighted by Gasteiger charge is -2.38. The Labute approximate surface area is 124 Å². The first-order valence-corrected chi connectivity index (χ1v) is 6.07. The molecule has 1 heterocycles. The zero-order valence-electron chi connectivity index (χ0n) is 11.2. The molecule has 0 aromatic carbocycles. The molecule has 0 aromatic rings. The van der Waals surface area contributed by atoms with E-state index in [1.165, 1.54) is 0 Å². The van der Waals surface area contributed by atoms with Crippen molar-refractivity contribution in [2.24, 2.45) is 0 Å². The lowest BCUT2D eigenvalue weighted by Crippen LogP contribution is -2.53. The predicted octanol–water partition coefficient (Wildman–Crippen LogP) is -1.59. The minimum atomic E-state index is -1.55. The molecule has 0 saturated carbocycles. The van der Waals surface area contributed by atoms with Crippen molar-refractivity contribution in [1.29, 1.82) is 0 Å². The Morgan fingerprint density at radius 1 is 0.955 bits per heavy atom. The van der Waals surface area contributed by atoms with Crippen molar-refractivity contribution in [2.45, 2.75) is 6.04 Å². The van der Waals surface area contributed by atoms with E-state index in [2.05, 4.69) is 5.32 Å². The van der Waals surface area contributed by atoms with Crippen molar-refractivity contribution in [3.8, 4) is 0 Å². The summed E-state index contributed by atoms with van der Waals surface area (Å²) >= 11 is 0. The van der Waals surface area contributed by atoms with Gasteiger partial charge in [0.1, 0.15) is 5.70 Å². The second-order valence-corrected chi connectivity index (χ2v) is 4.33. The van der Waals surface area contributed by atoms with E-state index < -0.39 is 41.2 Å². The molecule has 0 aliphatic carbocycles. The summed E-state index contributed by atoms with van der Waals surface area (Å²) in [6.45, 7) is 0.274. The molecule has 10 heteroatoms. The Kier molecular flexibility index (Phi) is 5.64. The third-order valence-corrected chi connectivity index (χ3v) is 2.92. The molecule has 0 spiro atoms. The third kappa shape index (κ3) is 4.31. The predicted molar refractivity (Wildman–Crippen MR) is 70.1 cm³/mol. The zero-order chi connectivity index (χ0) is 16.9. The number of piperazine rings is 1. The average molecular weight is 314 g/mol. The molecule has 1 atom stereocenters. The Bertz CT molecular complexity index is 515. The van der Waals surface area contributed by atoms with Crippen LogP contribution in [0.1, 0.15) is 0 Å². The van der Waals surface area contributed by atoms with Crippen molar-refractivity contribution in [3.05, 3.63) is 23.4 Å². The molecular weight excluding hydrogens is 300 g/mol. The minimum absolute atomic E-state index is 0.0142. The summed E-state index contributed by atoms with van der Waals surface area (Å²) in [4.78, 5) is 45.0. The highest BCUT2D eigenvalue weighted by atomic mass is 16.4. The molecule has 0 aromatic heterocycles. The molecule has 0 amide bonds. The number of rotatable bonds is 6. The second kappa shape index (κ2) is 7.22. The SMILES string of the molecule is O=C(O)/C=C(\C(=O)O)C1CNCCN1/C(=C/C(=O)O)C(=O)O. The first-order chi connectivity index (χ1) is 10.2. The van der Waals surface area contributed by atoms with Crippen LogP contribution in [0.15, 0.2) is 23.4 Å². The number of nitrogens with zero attached hydrogens (tertiary/aromatic N) is 1. The van der Waals surface area contributed by atoms with Crippen LogP contribution in [0.25, 0.3) is 0 Å². The van der Waals surface area contributed by atoms with Crippen LogP contribution in [0.2, 0.25) is 0 Å². The molecule has 1 unspecified atom stereocenters. The van der Waals surface area contributed by atoms with Gasteiger partial charge in [0.2, 0.25) is 0 Å². The van der Waals surface area contributed by atoms with E-state index in [0.717, 1.165) is 4.90 Å². The number of nitrogens with one attached hydrogen (secondary N) is 1. The fourth-order valence-corrected chi connectivity index (χ4v) is 2.09. The molecule has 0 bridgehead atoms. The highest BCUT2D eigenvalue weighted by molar-refractivity contribution is 5.97. The lowest BCUT2D eigenvalue weighted by atomic mass is 10.0. The molecular formula is C12H14N2O8. The van der Waals surface area contributed by atoms with Gasteiger partial charge >= 0.3 is 23.9 Å². The van der Waals surface area contributed by atoms with E-state index in [4.69, 9.17) is 20.4 Å². The van der Waals surface area contributed by atoms with Crippen LogP contribution in [0, 0.1) is 0 Å². The van der Waals surface area contributed by atoms with Gasteiger partial charge in [-0.05, 0) is 0 Å². The first-order valence-electron chi connectivity index (χ1n) is 6.07. The first kappa shape index (κ1) is 17.2. The van der Waals surface area contributed by atoms with Crippen LogP contribution < -0.4 is 5.32 Å². The van der Waals surface area contributed by atoms with E-state index in [0.29, 0.717) is 18.7 Å². The summed E-state index contributed by atoms with van der Waals surface area (Å²) in [5.74, 6) is -6.08. The van der Waals surface area contributed by atoms with E-state index in [1.807, 2.05) is 0 Å². The molecule has 1 fully saturated rings. The Balaban J connectivity index is 3.30. The van der Waals surface area contributed by atoms with Crippen LogP contribution in [0.3, 0.4) is 0 Å². The van der Waals surface area contributed by atoms with Gasteiger partial charge in [-0.1, -0.05) is 0 Å². The van der Waals surface area contributed by atoms with Gasteiger partial charge in [0.15, 0.2) is 0 Å². The maximum Gasteiger partial charge on any atom is 0.352 e. The highest BCUT2D eigenvalue weighted by Gasteiger charge is 2.33. The Morgan fingerprint density at radius 3 is 2.00 bits per heavy atom. The molecule has 5 N–H and O–H groups in total. The van der Waals surface area contributed by atoms with Crippen LogP contribution in [-0.2, 0) is 19.2 Å². The normalized spacial score (nSPS) is 19.6. The largest absolute Gasteiger partial charge is 0.478 e. The standard InChI is InChI=1S/C12H14N2O8/c15-9(16)3-6(11(19)20)8-5-13-1-2-14(8)7(12(21)22)4-10(17)18/h3-4,8,13H,1-2,5H2,(H,15,16)(H,17,18)(H,19,20)(H,21,22)/b6-3-,7-4+. The van der Waals surface area contributed by atoms with E-state index in [9.17, 15) is 19.2 Å². The summed E-state index contributed by atoms with van der Waals surface area (Å²) in [6, 6.07) is -1.12. The van der Waals surface area contributed by atoms with Crippen molar-refractivity contribution in [2.75, 3.05) is 19.6 Å². The Hall–Kier alpha value is -2.88. The number of aliphatic carboxylic acids is 4. The summed E-state index contributed by atoms with van der Waals surface area (Å²) in [5, 5.41) is 38.5. The number of hydrogen-bond acceptors (Lipinski definition) is 6. The number of hydrogen-bond donors (Lipinski definition) is 5. The van der Waals surface area contributed by atoms with E-state index >= 15 is 0 Å². The van der Waals surface area contributed by atoms with E-state index in [1.54, 1.807) is 0 Å². The summed E-state index contributed by atoms with van der Waals surface area (Å²) < 4.78 is 0. The van der Waals surface area contributed by atoms with Gasteiger partial charge in [-0.15, -0.1) is 0 Å². The Morgan fingerprint density at radius 2 is 1.55 bits per heavy atom. The molecule has 1 aliphatic heterocycles. The minimum Gasteiger partial charge on any atom is -0.478 e. The topological polar surface area (TPSA) is 164 Å². The van der Waals surface area contributed by atoms with Gasteiger partial charge in [0, 0.05) is 25.7 Å². The van der Waals surface area contributed by atoms with Gasteiger partial charge in [-0.3, -0.25) is 0 Å². The van der Waals surface area contributed by atoms with Gasteiger partial charge in [0.05, 0.1) is 17.7 Å². The van der Waals surface area contributed by atoms with Crippen LogP contribution in [0.5, 0.6) is 0 Å². The van der Waals surface area contributed by atoms with Gasteiger partial charge in [-0.25, -0.2) is 19.2 Å². The fraction of sp³-hybridized carbons (Fsp3) is 0.333. The summed E-state index contributed by atoms with van der Waals surface area (Å²) in [6.07, 6.45) is 0.911. The lowest BCUT2D eigenvalue weighted by molar-refractivity contribution is -0.138. The smallest absolute Gasteiger partial charge is 0.352 e. The number of carboxylic acid groups (broad SMARTS) is 4. The second-order valence-electron chi connectivity index (χ2n) is 4.33. The molecule has 22 heavy (non-hydrogen) atoms. The third-order valence-electron chi connectivity index (χ3n) is 2.92. The van der Waals surface area contributed by atoms with Crippen molar-refractivity contribution >= 4 is 23.9 Å². The number of carboxylic acids is 4. The van der Waals surface area contributed by atoms with Gasteiger partial charge < -0.3 is 30.6 Å². The average Bonchev–Trinajstić information content (AvgIpc) is 2.41. The highest BCUT2D eigenvalue weighted by Crippen LogP contribution is 2.19. The molecule has 1 aliphatic rings. The van der Waals surface area contributed by atoms with E-state index in [-0.39, 0.29) is 13.1 Å². The zero-order valence-corrected chi connectivity index (χ0v) is 11.2. The van der Waals surface area contributed by atoms with Gasteiger partial charge in [0.25, 0.3) is 0 Å². The van der Waals surface area contributed by atoms with Crippen LogP contribution in [0.4, 0.5) is 0 Å². The summed E-state index contributed by atoms with van der Waals surface area (Å²) in [7, 11) is 0. The maximum atomic E-state index is 11.2. The van der Waals surface area contributed by atoms with Gasteiger partial charge in [-0.2, -0.15) is 0 Å². The van der Waals surface area contributed by atoms with Crippen molar-refractivity contribution < 1.29 is 39.6 Å². The maximum absolute atomic E-state index is 11.2. The number of carbonyl (C=O) groups is 4. The molecule has 120 valence electrons. The molecule has 1 saturated heterocycles. The van der Waals surface area contributed by atoms with Crippen molar-refractivity contribution in [1.82, 2.24) is 10.2 Å². The van der Waals surface area contributed by atoms with Crippen molar-refractivity contribution in [3.63, 3.8) is 0 Å². The molecule has 1 rings (SSSR count). The van der Waals surface area contributed by atoms with Crippen LogP contribution in [-0.4, -0.2) is 74.9 Å². The molecule has 10 nitrogen and oxygen atoms in total. The summed E-state index contributed by atoms with van der Waals surface area (Å²) in [5.41, 5.74) is -1.16. The quantitative estimate of drug-likeness (QED) is 0.361. The monoisotopic (exact) mass is 314 g/mol.